The second-order valence-electron chi connectivity index (χ2n) is 9.21. The number of pyridine rings is 3. The van der Waals surface area contributed by atoms with E-state index in [9.17, 15) is 15.2 Å². The molecule has 1 saturated heterocycles. The van der Waals surface area contributed by atoms with E-state index in [0.29, 0.717) is 49.0 Å². The minimum Gasteiger partial charge on any atom is -0.492 e. The van der Waals surface area contributed by atoms with Crippen LogP contribution in [-0.4, -0.2) is 64.5 Å². The molecule has 39 heavy (non-hydrogen) atoms. The minimum absolute atomic E-state index is 0.162. The number of amides is 1. The van der Waals surface area contributed by atoms with Crippen molar-refractivity contribution >= 4 is 37.8 Å². The number of nitriles is 1. The Morgan fingerprint density at radius 3 is 2.85 bits per heavy atom. The van der Waals surface area contributed by atoms with Gasteiger partial charge in [-0.25, -0.2) is 14.5 Å². The molecule has 1 fully saturated rings. The van der Waals surface area contributed by atoms with E-state index in [-0.39, 0.29) is 16.6 Å². The highest BCUT2D eigenvalue weighted by Gasteiger charge is 2.44. The molecule has 0 spiro atoms. The van der Waals surface area contributed by atoms with Crippen molar-refractivity contribution in [3.8, 4) is 22.9 Å². The smallest absolute Gasteiger partial charge is 0.263 e. The van der Waals surface area contributed by atoms with E-state index in [4.69, 9.17) is 21.3 Å². The lowest BCUT2D eigenvalue weighted by molar-refractivity contribution is 0.0928. The maximum atomic E-state index is 12.8. The van der Waals surface area contributed by atoms with Crippen molar-refractivity contribution in [3.05, 3.63) is 71.4 Å². The number of halogens is 1. The molecule has 0 aromatic carbocycles. The zero-order chi connectivity index (χ0) is 27.6. The minimum atomic E-state index is -1.69. The fourth-order valence-corrected chi connectivity index (χ4v) is 7.52. The number of hydrogen-bond donors (Lipinski definition) is 2. The summed E-state index contributed by atoms with van der Waals surface area (Å²) in [5.41, 5.74) is 2.92. The van der Waals surface area contributed by atoms with E-state index in [0.717, 1.165) is 16.9 Å². The van der Waals surface area contributed by atoms with E-state index in [1.807, 2.05) is 36.9 Å². The number of nitrogens with one attached hydrogen (secondary N) is 1. The van der Waals surface area contributed by atoms with Crippen LogP contribution in [0.15, 0.2) is 55.1 Å². The highest BCUT2D eigenvalue weighted by atomic mass is 35.5. The molecule has 10 nitrogen and oxygen atoms in total. The van der Waals surface area contributed by atoms with Gasteiger partial charge in [0.15, 0.2) is 0 Å². The Balaban J connectivity index is 1.37. The van der Waals surface area contributed by atoms with Crippen LogP contribution in [0.2, 0.25) is 11.1 Å². The van der Waals surface area contributed by atoms with Crippen LogP contribution in [0.1, 0.15) is 36.3 Å². The summed E-state index contributed by atoms with van der Waals surface area (Å²) in [5.74, 6) is 0.996. The number of fused-ring (bicyclic) bond motifs is 1. The van der Waals surface area contributed by atoms with E-state index in [2.05, 4.69) is 21.1 Å². The fourth-order valence-electron chi connectivity index (χ4n) is 4.80. The molecule has 0 unspecified atom stereocenters. The van der Waals surface area contributed by atoms with Gasteiger partial charge < -0.3 is 19.7 Å². The number of anilines is 1. The molecule has 4 aromatic heterocycles. The molecule has 5 heterocycles. The summed E-state index contributed by atoms with van der Waals surface area (Å²) in [6.07, 6.45) is 7.05. The van der Waals surface area contributed by atoms with Crippen molar-refractivity contribution in [3.63, 3.8) is 0 Å². The predicted octanol–water partition coefficient (Wildman–Crippen LogP) is 3.64. The lowest BCUT2D eigenvalue weighted by atomic mass is 10.1. The number of rotatable bonds is 7. The van der Waals surface area contributed by atoms with Gasteiger partial charge in [-0.15, -0.1) is 0 Å². The molecule has 1 amide bonds. The first-order valence-electron chi connectivity index (χ1n) is 12.6. The number of carbonyl (C=O) groups excluding carboxylic acids is 1. The largest absolute Gasteiger partial charge is 0.492 e. The number of hydrogen-bond acceptors (Lipinski definition) is 8. The summed E-state index contributed by atoms with van der Waals surface area (Å²) in [7, 11) is -1.69. The Morgan fingerprint density at radius 1 is 1.31 bits per heavy atom. The van der Waals surface area contributed by atoms with Gasteiger partial charge in [0.05, 0.1) is 40.3 Å². The number of ether oxygens (including phenoxy) is 1. The molecule has 1 aliphatic heterocycles. The third kappa shape index (κ3) is 5.18. The zero-order valence-electron chi connectivity index (χ0n) is 21.6. The molecule has 1 aliphatic rings. The normalized spacial score (nSPS) is 17.7. The van der Waals surface area contributed by atoms with Crippen LogP contribution in [-0.2, 0) is 0 Å². The first kappa shape index (κ1) is 26.6. The molecule has 2 N–H and O–H groups in total. The maximum absolute atomic E-state index is 12.8. The summed E-state index contributed by atoms with van der Waals surface area (Å²) in [6, 6.07) is 11.8. The van der Waals surface area contributed by atoms with Gasteiger partial charge in [-0.05, 0) is 49.7 Å². The summed E-state index contributed by atoms with van der Waals surface area (Å²) in [6.45, 7) is 5.30. The monoisotopic (exact) mass is 560 g/mol. The van der Waals surface area contributed by atoms with Crippen LogP contribution in [0.5, 0.6) is 5.75 Å². The standard InChI is InChI=1S/C27H27ClN7O3Si/c1-3-27(37)17-34(10-11-39(27)33-26(36)24-22(28)6-5-9-30-24)23-8-7-18(14-31-23)21-12-20(38-4-2)16-35-25(21)19(13-29)15-32-35/h5-9,12,14-16,37H,3-4,10-11,17H2,1-2H3,(H,33,36)/t27-/m1/s1. The van der Waals surface area contributed by atoms with Crippen molar-refractivity contribution in [2.24, 2.45) is 0 Å². The average molecular weight is 561 g/mol. The van der Waals surface area contributed by atoms with Crippen LogP contribution in [0.25, 0.3) is 16.6 Å². The molecular weight excluding hydrogens is 534 g/mol. The summed E-state index contributed by atoms with van der Waals surface area (Å²) in [4.78, 5) is 26.7. The second kappa shape index (κ2) is 11.0. The first-order valence-corrected chi connectivity index (χ1v) is 14.7. The third-order valence-electron chi connectivity index (χ3n) is 6.87. The van der Waals surface area contributed by atoms with Crippen LogP contribution in [0.4, 0.5) is 5.82 Å². The molecule has 199 valence electrons. The van der Waals surface area contributed by atoms with E-state index in [1.54, 1.807) is 29.0 Å². The average Bonchev–Trinajstić information content (AvgIpc) is 3.37. The molecule has 0 saturated carbocycles. The number of nitrogens with zero attached hydrogens (tertiary/aromatic N) is 6. The van der Waals surface area contributed by atoms with Gasteiger partial charge in [0.1, 0.15) is 23.3 Å². The molecule has 0 aliphatic carbocycles. The van der Waals surface area contributed by atoms with E-state index < -0.39 is 14.2 Å². The van der Waals surface area contributed by atoms with Gasteiger partial charge in [-0.2, -0.15) is 10.4 Å². The van der Waals surface area contributed by atoms with Crippen molar-refractivity contribution in [2.45, 2.75) is 31.5 Å². The topological polar surface area (TPSA) is 129 Å². The Kier molecular flexibility index (Phi) is 7.52. The lowest BCUT2D eigenvalue weighted by Gasteiger charge is -2.43. The van der Waals surface area contributed by atoms with Crippen molar-refractivity contribution in [1.82, 2.24) is 24.6 Å². The van der Waals surface area contributed by atoms with Crippen molar-refractivity contribution in [1.29, 1.82) is 5.26 Å². The Bertz CT molecular complexity index is 1560. The summed E-state index contributed by atoms with van der Waals surface area (Å²) >= 11 is 6.15. The fraction of sp³-hybridized carbons (Fsp3) is 0.296. The van der Waals surface area contributed by atoms with Gasteiger partial charge in [0.2, 0.25) is 8.96 Å². The SMILES string of the molecule is CCOc1cc(-c2ccc(N3CC[Si](NC(=O)c4ncccc4Cl)[C@](O)(CC)C3)nc2)c2c(C#N)cnn2c1. The summed E-state index contributed by atoms with van der Waals surface area (Å²) in [5, 5.41) is 24.7. The van der Waals surface area contributed by atoms with Crippen molar-refractivity contribution in [2.75, 3.05) is 24.6 Å². The highest BCUT2D eigenvalue weighted by molar-refractivity contribution is 6.63. The quantitative estimate of drug-likeness (QED) is 0.328. The molecule has 4 aromatic rings. The summed E-state index contributed by atoms with van der Waals surface area (Å²) < 4.78 is 7.35. The number of aromatic nitrogens is 4. The molecular formula is C27H27ClN7O3Si. The van der Waals surface area contributed by atoms with Gasteiger partial charge >= 0.3 is 0 Å². The number of carbonyl (C=O) groups is 1. The molecule has 12 heteroatoms. The second-order valence-corrected chi connectivity index (χ2v) is 12.3. The van der Waals surface area contributed by atoms with Crippen LogP contribution < -0.4 is 14.6 Å². The third-order valence-corrected chi connectivity index (χ3v) is 10.1. The molecule has 1 radical (unpaired) electrons. The van der Waals surface area contributed by atoms with E-state index >= 15 is 0 Å². The maximum Gasteiger partial charge on any atom is 0.263 e. The van der Waals surface area contributed by atoms with Gasteiger partial charge in [-0.1, -0.05) is 18.5 Å². The van der Waals surface area contributed by atoms with Crippen LogP contribution in [0.3, 0.4) is 0 Å². The Hall–Kier alpha value is -3.98. The van der Waals surface area contributed by atoms with Crippen LogP contribution in [0, 0.1) is 11.3 Å². The Morgan fingerprint density at radius 2 is 2.15 bits per heavy atom. The predicted molar refractivity (Wildman–Crippen MR) is 149 cm³/mol. The van der Waals surface area contributed by atoms with Gasteiger partial charge in [0.25, 0.3) is 5.91 Å². The molecule has 5 rings (SSSR count). The first-order chi connectivity index (χ1) is 18.9. The Labute approximate surface area is 232 Å². The molecule has 0 bridgehead atoms. The number of β-amino-alcohol motifs (C(OH)–C–C–N with tert-alkyl or cyclic N) is 1. The van der Waals surface area contributed by atoms with Crippen LogP contribution >= 0.6 is 11.6 Å². The highest BCUT2D eigenvalue weighted by Crippen LogP contribution is 2.32. The zero-order valence-corrected chi connectivity index (χ0v) is 23.3. The van der Waals surface area contributed by atoms with Gasteiger partial charge in [-0.3, -0.25) is 4.79 Å². The lowest BCUT2D eigenvalue weighted by Crippen LogP contribution is -2.66. The molecule has 1 atom stereocenters. The van der Waals surface area contributed by atoms with Gasteiger partial charge in [0, 0.05) is 36.6 Å². The van der Waals surface area contributed by atoms with E-state index in [1.165, 1.54) is 12.4 Å². The number of aliphatic hydroxyl groups is 1. The van der Waals surface area contributed by atoms with Crippen molar-refractivity contribution < 1.29 is 14.6 Å².